The molecule has 0 unspecified atom stereocenters. The third-order valence-electron chi connectivity index (χ3n) is 4.80. The van der Waals surface area contributed by atoms with Crippen LogP contribution in [0.2, 0.25) is 0 Å². The van der Waals surface area contributed by atoms with Crippen LogP contribution < -0.4 is 9.47 Å². The number of methoxy groups -OCH3 is 2. The van der Waals surface area contributed by atoms with Crippen molar-refractivity contribution >= 4 is 10.9 Å². The highest BCUT2D eigenvalue weighted by molar-refractivity contribution is 5.87. The van der Waals surface area contributed by atoms with Crippen molar-refractivity contribution in [2.75, 3.05) is 14.2 Å². The SMILES string of the molecule is COc1cc(-c2ccc3c(O)n(-c4cnn(C[C@H](O)CC#N)c4)cc3n2)cnc1OC. The zero-order valence-electron chi connectivity index (χ0n) is 16.9. The lowest BCUT2D eigenvalue weighted by molar-refractivity contribution is 0.154. The minimum absolute atomic E-state index is 0.0194. The summed E-state index contributed by atoms with van der Waals surface area (Å²) in [5, 5.41) is 33.9. The van der Waals surface area contributed by atoms with Gasteiger partial charge in [0.25, 0.3) is 5.88 Å². The van der Waals surface area contributed by atoms with E-state index in [1.54, 1.807) is 47.6 Å². The number of fused-ring (bicyclic) bond motifs is 1. The standard InChI is InChI=1S/C21H20N6O4/c1-30-19-7-13(8-23-20(19)31-2)17-4-3-16-18(25-17)12-27(21(16)29)14-9-24-26(10-14)11-15(28)5-6-22/h3-4,7-10,12,15,28-29H,5,11H2,1-2H3/t15-/m1/s1. The van der Waals surface area contributed by atoms with Crippen LogP contribution in [0.1, 0.15) is 6.42 Å². The number of ether oxygens (including phenoxy) is 2. The maximum Gasteiger partial charge on any atom is 0.256 e. The topological polar surface area (TPSA) is 131 Å². The van der Waals surface area contributed by atoms with Crippen molar-refractivity contribution in [3.8, 4) is 40.5 Å². The van der Waals surface area contributed by atoms with E-state index in [0.717, 1.165) is 5.56 Å². The molecule has 0 bridgehead atoms. The third kappa shape index (κ3) is 3.86. The molecule has 10 heteroatoms. The number of aromatic hydroxyl groups is 1. The molecule has 0 aliphatic heterocycles. The molecule has 158 valence electrons. The largest absolute Gasteiger partial charge is 0.494 e. The van der Waals surface area contributed by atoms with Gasteiger partial charge in [0.15, 0.2) is 5.75 Å². The van der Waals surface area contributed by atoms with E-state index in [4.69, 9.17) is 14.7 Å². The highest BCUT2D eigenvalue weighted by atomic mass is 16.5. The smallest absolute Gasteiger partial charge is 0.256 e. The molecule has 0 aliphatic carbocycles. The molecule has 31 heavy (non-hydrogen) atoms. The predicted octanol–water partition coefficient (Wildman–Crippen LogP) is 2.28. The Morgan fingerprint density at radius 1 is 1.19 bits per heavy atom. The van der Waals surface area contributed by atoms with Gasteiger partial charge < -0.3 is 19.7 Å². The minimum Gasteiger partial charge on any atom is -0.494 e. The first kappa shape index (κ1) is 20.2. The zero-order valence-corrected chi connectivity index (χ0v) is 16.9. The van der Waals surface area contributed by atoms with Gasteiger partial charge >= 0.3 is 0 Å². The minimum atomic E-state index is -0.811. The number of rotatable bonds is 7. The Labute approximate surface area is 177 Å². The van der Waals surface area contributed by atoms with Crippen LogP contribution in [0.5, 0.6) is 17.5 Å². The maximum absolute atomic E-state index is 10.7. The lowest BCUT2D eigenvalue weighted by Gasteiger charge is -2.08. The lowest BCUT2D eigenvalue weighted by atomic mass is 10.1. The second-order valence-corrected chi connectivity index (χ2v) is 6.82. The molecule has 1 atom stereocenters. The number of nitrogens with zero attached hydrogens (tertiary/aromatic N) is 6. The fraction of sp³-hybridized carbons (Fsp3) is 0.238. The second kappa shape index (κ2) is 8.33. The Morgan fingerprint density at radius 3 is 2.77 bits per heavy atom. The molecule has 4 heterocycles. The Morgan fingerprint density at radius 2 is 2.03 bits per heavy atom. The van der Waals surface area contributed by atoms with Gasteiger partial charge in [-0.3, -0.25) is 9.25 Å². The number of aromatic nitrogens is 5. The van der Waals surface area contributed by atoms with E-state index >= 15 is 0 Å². The Balaban J connectivity index is 1.67. The van der Waals surface area contributed by atoms with Crippen LogP contribution in [0.3, 0.4) is 0 Å². The molecule has 10 nitrogen and oxygen atoms in total. The van der Waals surface area contributed by atoms with E-state index in [-0.39, 0.29) is 18.8 Å². The Bertz CT molecular complexity index is 1270. The highest BCUT2D eigenvalue weighted by Gasteiger charge is 2.15. The second-order valence-electron chi connectivity index (χ2n) is 6.82. The normalized spacial score (nSPS) is 11.9. The molecule has 0 aromatic carbocycles. The summed E-state index contributed by atoms with van der Waals surface area (Å²) in [5.41, 5.74) is 2.59. The molecular formula is C21H20N6O4. The third-order valence-corrected chi connectivity index (χ3v) is 4.80. The molecule has 2 N–H and O–H groups in total. The van der Waals surface area contributed by atoms with E-state index in [0.29, 0.717) is 33.9 Å². The van der Waals surface area contributed by atoms with Crippen LogP contribution in [0.4, 0.5) is 0 Å². The molecular weight excluding hydrogens is 400 g/mol. The average Bonchev–Trinajstić information content (AvgIpc) is 3.37. The van der Waals surface area contributed by atoms with E-state index in [1.807, 2.05) is 6.07 Å². The fourth-order valence-electron chi connectivity index (χ4n) is 3.27. The van der Waals surface area contributed by atoms with Crippen LogP contribution in [-0.4, -0.2) is 54.9 Å². The van der Waals surface area contributed by atoms with Gasteiger partial charge in [-0.1, -0.05) is 0 Å². The number of aliphatic hydroxyl groups is 1. The van der Waals surface area contributed by atoms with Gasteiger partial charge in [-0.05, 0) is 18.2 Å². The van der Waals surface area contributed by atoms with E-state index < -0.39 is 6.10 Å². The van der Waals surface area contributed by atoms with Crippen molar-refractivity contribution in [3.05, 3.63) is 43.0 Å². The van der Waals surface area contributed by atoms with Gasteiger partial charge in [-0.2, -0.15) is 10.4 Å². The van der Waals surface area contributed by atoms with E-state index in [9.17, 15) is 10.2 Å². The van der Waals surface area contributed by atoms with Crippen molar-refractivity contribution in [1.82, 2.24) is 24.3 Å². The summed E-state index contributed by atoms with van der Waals surface area (Å²) in [7, 11) is 3.06. The molecule has 0 amide bonds. The number of nitriles is 1. The molecule has 0 saturated heterocycles. The molecule has 4 aromatic rings. The molecule has 4 rings (SSSR count). The summed E-state index contributed by atoms with van der Waals surface area (Å²) in [6.07, 6.45) is 5.80. The zero-order chi connectivity index (χ0) is 22.0. The average molecular weight is 420 g/mol. The summed E-state index contributed by atoms with van der Waals surface area (Å²) >= 11 is 0. The molecule has 0 saturated carbocycles. The van der Waals surface area contributed by atoms with Gasteiger partial charge in [0.2, 0.25) is 5.88 Å². The van der Waals surface area contributed by atoms with Gasteiger partial charge in [0.05, 0.1) is 67.8 Å². The summed E-state index contributed by atoms with van der Waals surface area (Å²) in [4.78, 5) is 8.88. The van der Waals surface area contributed by atoms with E-state index in [2.05, 4.69) is 15.1 Å². The number of hydrogen-bond acceptors (Lipinski definition) is 8. The monoisotopic (exact) mass is 420 g/mol. The van der Waals surface area contributed by atoms with Crippen LogP contribution in [0, 0.1) is 11.3 Å². The van der Waals surface area contributed by atoms with Crippen molar-refractivity contribution in [3.63, 3.8) is 0 Å². The Kier molecular flexibility index (Phi) is 5.43. The molecule has 0 radical (unpaired) electrons. The molecule has 0 aliphatic rings. The predicted molar refractivity (Wildman–Crippen MR) is 111 cm³/mol. The van der Waals surface area contributed by atoms with Crippen LogP contribution in [0.15, 0.2) is 43.0 Å². The van der Waals surface area contributed by atoms with Crippen molar-refractivity contribution in [1.29, 1.82) is 5.26 Å². The maximum atomic E-state index is 10.7. The van der Waals surface area contributed by atoms with Crippen molar-refractivity contribution in [2.45, 2.75) is 19.1 Å². The quantitative estimate of drug-likeness (QED) is 0.465. The fourth-order valence-corrected chi connectivity index (χ4v) is 3.27. The first-order valence-electron chi connectivity index (χ1n) is 9.41. The summed E-state index contributed by atoms with van der Waals surface area (Å²) < 4.78 is 13.6. The van der Waals surface area contributed by atoms with Gasteiger partial charge in [-0.25, -0.2) is 9.97 Å². The first-order valence-corrected chi connectivity index (χ1v) is 9.41. The van der Waals surface area contributed by atoms with Gasteiger partial charge in [0, 0.05) is 24.2 Å². The molecule has 0 fully saturated rings. The summed E-state index contributed by atoms with van der Waals surface area (Å²) in [5.74, 6) is 0.901. The highest BCUT2D eigenvalue weighted by Crippen LogP contribution is 2.33. The van der Waals surface area contributed by atoms with Gasteiger partial charge in [-0.15, -0.1) is 0 Å². The van der Waals surface area contributed by atoms with Crippen LogP contribution in [-0.2, 0) is 6.54 Å². The van der Waals surface area contributed by atoms with Crippen LogP contribution >= 0.6 is 0 Å². The van der Waals surface area contributed by atoms with Crippen LogP contribution in [0.25, 0.3) is 27.8 Å². The summed E-state index contributed by atoms with van der Waals surface area (Å²) in [6, 6.07) is 7.27. The lowest BCUT2D eigenvalue weighted by Crippen LogP contribution is -2.15. The first-order chi connectivity index (χ1) is 15.0. The van der Waals surface area contributed by atoms with Crippen molar-refractivity contribution < 1.29 is 19.7 Å². The summed E-state index contributed by atoms with van der Waals surface area (Å²) in [6.45, 7) is 0.184. The van der Waals surface area contributed by atoms with Gasteiger partial charge in [0.1, 0.15) is 0 Å². The Hall–Kier alpha value is -4.10. The number of pyridine rings is 2. The van der Waals surface area contributed by atoms with E-state index in [1.165, 1.54) is 18.9 Å². The molecule has 0 spiro atoms. The number of aliphatic hydroxyl groups excluding tert-OH is 1. The number of hydrogen-bond donors (Lipinski definition) is 2. The molecule has 4 aromatic heterocycles. The van der Waals surface area contributed by atoms with Crippen molar-refractivity contribution in [2.24, 2.45) is 0 Å².